The minimum Gasteiger partial charge on any atom is -0.313 e. The van der Waals surface area contributed by atoms with Crippen LogP contribution in [-0.4, -0.2) is 17.2 Å². The molecule has 0 aliphatic carbocycles. The van der Waals surface area contributed by atoms with Crippen molar-refractivity contribution >= 4 is 38.9 Å². The Labute approximate surface area is 111 Å². The van der Waals surface area contributed by atoms with Crippen molar-refractivity contribution in [2.45, 2.75) is 6.54 Å². The Morgan fingerprint density at radius 1 is 1.44 bits per heavy atom. The van der Waals surface area contributed by atoms with Crippen molar-refractivity contribution in [1.82, 2.24) is 15.5 Å². The number of halogens is 2. The molecule has 0 saturated carbocycles. The van der Waals surface area contributed by atoms with Gasteiger partial charge in [0, 0.05) is 16.6 Å². The average molecular weight is 319 g/mol. The van der Waals surface area contributed by atoms with Gasteiger partial charge in [-0.05, 0) is 35.1 Å². The predicted octanol–water partition coefficient (Wildman–Crippen LogP) is 3.34. The highest BCUT2D eigenvalue weighted by molar-refractivity contribution is 9.10. The molecule has 0 spiro atoms. The van der Waals surface area contributed by atoms with Crippen molar-refractivity contribution in [3.8, 4) is 10.6 Å². The summed E-state index contributed by atoms with van der Waals surface area (Å²) in [5, 5.41) is 13.8. The maximum Gasteiger partial charge on any atom is 0.147 e. The zero-order valence-corrected chi connectivity index (χ0v) is 11.7. The standard InChI is InChI=1S/C10H9BrClN3S/c1-13-5-9-14-15-10(16-9)6-2-3-7(11)8(12)4-6/h2-4,13H,5H2,1H3. The van der Waals surface area contributed by atoms with Crippen LogP contribution in [0.3, 0.4) is 0 Å². The largest absolute Gasteiger partial charge is 0.313 e. The maximum atomic E-state index is 6.03. The van der Waals surface area contributed by atoms with Crippen LogP contribution in [0.25, 0.3) is 10.6 Å². The molecule has 6 heteroatoms. The van der Waals surface area contributed by atoms with Gasteiger partial charge in [0.1, 0.15) is 10.0 Å². The monoisotopic (exact) mass is 317 g/mol. The first-order valence-corrected chi connectivity index (χ1v) is 6.62. The minimum atomic E-state index is 0.683. The molecular weight excluding hydrogens is 310 g/mol. The van der Waals surface area contributed by atoms with Crippen molar-refractivity contribution in [1.29, 1.82) is 0 Å². The summed E-state index contributed by atoms with van der Waals surface area (Å²) >= 11 is 11.0. The van der Waals surface area contributed by atoms with Crippen molar-refractivity contribution in [2.75, 3.05) is 7.05 Å². The number of hydrogen-bond donors (Lipinski definition) is 1. The SMILES string of the molecule is CNCc1nnc(-c2ccc(Br)c(Cl)c2)s1. The Morgan fingerprint density at radius 2 is 2.25 bits per heavy atom. The third kappa shape index (κ3) is 2.60. The van der Waals surface area contributed by atoms with Gasteiger partial charge in [0.05, 0.1) is 5.02 Å². The van der Waals surface area contributed by atoms with Gasteiger partial charge in [-0.25, -0.2) is 0 Å². The number of rotatable bonds is 3. The molecule has 2 rings (SSSR count). The summed E-state index contributed by atoms with van der Waals surface area (Å²) in [5.74, 6) is 0. The van der Waals surface area contributed by atoms with Crippen molar-refractivity contribution in [3.05, 3.63) is 32.7 Å². The van der Waals surface area contributed by atoms with E-state index in [1.165, 1.54) is 0 Å². The second kappa shape index (κ2) is 5.23. The molecule has 0 unspecified atom stereocenters. The van der Waals surface area contributed by atoms with Gasteiger partial charge in [-0.1, -0.05) is 29.0 Å². The van der Waals surface area contributed by atoms with E-state index in [-0.39, 0.29) is 0 Å². The second-order valence-corrected chi connectivity index (χ2v) is 5.48. The first-order chi connectivity index (χ1) is 7.70. The Kier molecular flexibility index (Phi) is 3.91. The Bertz CT molecular complexity index is 501. The number of nitrogens with one attached hydrogen (secondary N) is 1. The second-order valence-electron chi connectivity index (χ2n) is 3.16. The molecule has 1 N–H and O–H groups in total. The van der Waals surface area contributed by atoms with E-state index in [1.54, 1.807) is 11.3 Å². The van der Waals surface area contributed by atoms with Crippen LogP contribution in [0.1, 0.15) is 5.01 Å². The highest BCUT2D eigenvalue weighted by Gasteiger charge is 2.07. The zero-order chi connectivity index (χ0) is 11.5. The molecule has 3 nitrogen and oxygen atoms in total. The van der Waals surface area contributed by atoms with Crippen LogP contribution >= 0.6 is 38.9 Å². The lowest BCUT2D eigenvalue weighted by atomic mass is 10.2. The number of aromatic nitrogens is 2. The molecule has 0 amide bonds. The number of hydrogen-bond acceptors (Lipinski definition) is 4. The highest BCUT2D eigenvalue weighted by Crippen LogP contribution is 2.30. The fraction of sp³-hybridized carbons (Fsp3) is 0.200. The molecule has 0 atom stereocenters. The van der Waals surface area contributed by atoms with Gasteiger partial charge in [0.2, 0.25) is 0 Å². The molecule has 1 aromatic carbocycles. The van der Waals surface area contributed by atoms with Crippen LogP contribution in [-0.2, 0) is 6.54 Å². The van der Waals surface area contributed by atoms with E-state index in [1.807, 2.05) is 25.2 Å². The molecule has 0 fully saturated rings. The molecule has 1 aromatic heterocycles. The van der Waals surface area contributed by atoms with Crippen LogP contribution in [0.2, 0.25) is 5.02 Å². The summed E-state index contributed by atoms with van der Waals surface area (Å²) in [4.78, 5) is 0. The molecule has 0 aliphatic rings. The lowest BCUT2D eigenvalue weighted by Crippen LogP contribution is -2.04. The lowest BCUT2D eigenvalue weighted by Gasteiger charge is -1.98. The normalized spacial score (nSPS) is 10.7. The molecule has 84 valence electrons. The van der Waals surface area contributed by atoms with Crippen molar-refractivity contribution < 1.29 is 0 Å². The van der Waals surface area contributed by atoms with Gasteiger partial charge in [-0.2, -0.15) is 0 Å². The predicted molar refractivity (Wildman–Crippen MR) is 70.8 cm³/mol. The van der Waals surface area contributed by atoms with E-state index >= 15 is 0 Å². The van der Waals surface area contributed by atoms with Crippen LogP contribution in [0.15, 0.2) is 22.7 Å². The fourth-order valence-corrected chi connectivity index (χ4v) is 2.50. The number of nitrogens with zero attached hydrogens (tertiary/aromatic N) is 2. The van der Waals surface area contributed by atoms with Crippen LogP contribution in [0, 0.1) is 0 Å². The zero-order valence-electron chi connectivity index (χ0n) is 8.50. The van der Waals surface area contributed by atoms with Crippen LogP contribution < -0.4 is 5.32 Å². The summed E-state index contributed by atoms with van der Waals surface area (Å²) < 4.78 is 0.887. The van der Waals surface area contributed by atoms with E-state index in [4.69, 9.17) is 11.6 Å². The van der Waals surface area contributed by atoms with E-state index in [9.17, 15) is 0 Å². The molecule has 0 saturated heterocycles. The van der Waals surface area contributed by atoms with E-state index in [0.29, 0.717) is 5.02 Å². The molecule has 0 aliphatic heterocycles. The highest BCUT2D eigenvalue weighted by atomic mass is 79.9. The van der Waals surface area contributed by atoms with Crippen LogP contribution in [0.5, 0.6) is 0 Å². The van der Waals surface area contributed by atoms with Gasteiger partial charge in [0.25, 0.3) is 0 Å². The molecule has 1 heterocycles. The maximum absolute atomic E-state index is 6.03. The van der Waals surface area contributed by atoms with Gasteiger partial charge in [-0.3, -0.25) is 0 Å². The summed E-state index contributed by atoms with van der Waals surface area (Å²) in [6.45, 7) is 0.738. The summed E-state index contributed by atoms with van der Waals surface area (Å²) in [6.07, 6.45) is 0. The minimum absolute atomic E-state index is 0.683. The molecular formula is C10H9BrClN3S. The summed E-state index contributed by atoms with van der Waals surface area (Å²) in [7, 11) is 1.89. The Balaban J connectivity index is 2.31. The third-order valence-corrected chi connectivity index (χ3v) is 4.17. The molecule has 16 heavy (non-hydrogen) atoms. The van der Waals surface area contributed by atoms with Gasteiger partial charge < -0.3 is 5.32 Å². The summed E-state index contributed by atoms with van der Waals surface area (Å²) in [6, 6.07) is 5.77. The molecule has 2 aromatic rings. The molecule has 0 radical (unpaired) electrons. The van der Waals surface area contributed by atoms with E-state index in [2.05, 4.69) is 31.4 Å². The topological polar surface area (TPSA) is 37.8 Å². The fourth-order valence-electron chi connectivity index (χ4n) is 1.22. The van der Waals surface area contributed by atoms with Crippen molar-refractivity contribution in [3.63, 3.8) is 0 Å². The van der Waals surface area contributed by atoms with Gasteiger partial charge in [0.15, 0.2) is 0 Å². The van der Waals surface area contributed by atoms with E-state index < -0.39 is 0 Å². The van der Waals surface area contributed by atoms with E-state index in [0.717, 1.165) is 26.6 Å². The average Bonchev–Trinajstić information content (AvgIpc) is 2.71. The van der Waals surface area contributed by atoms with Crippen molar-refractivity contribution in [2.24, 2.45) is 0 Å². The number of benzene rings is 1. The Hall–Kier alpha value is -0.490. The van der Waals surface area contributed by atoms with Crippen LogP contribution in [0.4, 0.5) is 0 Å². The van der Waals surface area contributed by atoms with Gasteiger partial charge in [-0.15, -0.1) is 10.2 Å². The van der Waals surface area contributed by atoms with Gasteiger partial charge >= 0.3 is 0 Å². The first-order valence-electron chi connectivity index (χ1n) is 4.63. The molecule has 0 bridgehead atoms. The summed E-state index contributed by atoms with van der Waals surface area (Å²) in [5.41, 5.74) is 0.994. The smallest absolute Gasteiger partial charge is 0.147 e. The Morgan fingerprint density at radius 3 is 2.94 bits per heavy atom. The quantitative estimate of drug-likeness (QED) is 0.943. The third-order valence-electron chi connectivity index (χ3n) is 1.96. The lowest BCUT2D eigenvalue weighted by molar-refractivity contribution is 0.795. The first kappa shape index (κ1) is 12.0.